The number of aryl methyl sites for hydroxylation is 2. The molecule has 0 radical (unpaired) electrons. The lowest BCUT2D eigenvalue weighted by molar-refractivity contribution is 0.976. The number of hydrogen-bond donors (Lipinski definition) is 2. The van der Waals surface area contributed by atoms with Crippen molar-refractivity contribution in [3.63, 3.8) is 0 Å². The molecule has 2 aromatic rings. The van der Waals surface area contributed by atoms with Crippen molar-refractivity contribution in [3.8, 4) is 0 Å². The zero-order chi connectivity index (χ0) is 10.1. The van der Waals surface area contributed by atoms with Crippen molar-refractivity contribution in [2.24, 2.45) is 5.73 Å². The number of aromatic nitrogens is 1. The molecule has 1 aromatic heterocycles. The molecule has 0 aliphatic carbocycles. The highest BCUT2D eigenvalue weighted by molar-refractivity contribution is 5.85. The SMILES string of the molecule is Cc1cc2[nH]cc(CCN)c2cc1C.Cl. The molecule has 0 saturated heterocycles. The fraction of sp³-hybridized carbons (Fsp3) is 0.333. The Bertz CT molecular complexity index is 460. The topological polar surface area (TPSA) is 41.8 Å². The summed E-state index contributed by atoms with van der Waals surface area (Å²) in [5, 5.41) is 1.32. The summed E-state index contributed by atoms with van der Waals surface area (Å²) in [6.07, 6.45) is 3.01. The molecule has 1 heterocycles. The van der Waals surface area contributed by atoms with Crippen LogP contribution in [-0.2, 0) is 6.42 Å². The average Bonchev–Trinajstić information content (AvgIpc) is 2.51. The third-order valence-electron chi connectivity index (χ3n) is 2.80. The van der Waals surface area contributed by atoms with E-state index in [0.717, 1.165) is 6.42 Å². The van der Waals surface area contributed by atoms with Gasteiger partial charge in [-0.25, -0.2) is 0 Å². The van der Waals surface area contributed by atoms with E-state index < -0.39 is 0 Å². The van der Waals surface area contributed by atoms with Crippen LogP contribution in [0.25, 0.3) is 10.9 Å². The van der Waals surface area contributed by atoms with Crippen LogP contribution < -0.4 is 5.73 Å². The summed E-state index contributed by atoms with van der Waals surface area (Å²) in [5.41, 5.74) is 10.8. The first-order valence-electron chi connectivity index (χ1n) is 4.99. The van der Waals surface area contributed by atoms with Gasteiger partial charge in [0.25, 0.3) is 0 Å². The summed E-state index contributed by atoms with van der Waals surface area (Å²) >= 11 is 0. The van der Waals surface area contributed by atoms with Crippen LogP contribution in [0.2, 0.25) is 0 Å². The van der Waals surface area contributed by atoms with E-state index in [0.29, 0.717) is 6.54 Å². The molecule has 0 aliphatic rings. The second kappa shape index (κ2) is 4.69. The van der Waals surface area contributed by atoms with Gasteiger partial charge in [0, 0.05) is 17.1 Å². The van der Waals surface area contributed by atoms with E-state index >= 15 is 0 Å². The van der Waals surface area contributed by atoms with E-state index in [1.807, 2.05) is 0 Å². The van der Waals surface area contributed by atoms with E-state index in [1.165, 1.54) is 27.6 Å². The van der Waals surface area contributed by atoms with E-state index in [4.69, 9.17) is 5.73 Å². The molecule has 82 valence electrons. The number of fused-ring (bicyclic) bond motifs is 1. The Hall–Kier alpha value is -0.990. The Labute approximate surface area is 96.3 Å². The van der Waals surface area contributed by atoms with Gasteiger partial charge < -0.3 is 10.7 Å². The van der Waals surface area contributed by atoms with Crippen molar-refractivity contribution in [2.45, 2.75) is 20.3 Å². The number of H-pyrrole nitrogens is 1. The van der Waals surface area contributed by atoms with Crippen LogP contribution in [0.15, 0.2) is 18.3 Å². The number of benzene rings is 1. The Morgan fingerprint density at radius 2 is 1.87 bits per heavy atom. The molecular weight excluding hydrogens is 208 g/mol. The molecule has 3 heteroatoms. The van der Waals surface area contributed by atoms with Gasteiger partial charge in [0.1, 0.15) is 0 Å². The molecule has 0 spiro atoms. The molecule has 0 amide bonds. The van der Waals surface area contributed by atoms with Crippen molar-refractivity contribution in [3.05, 3.63) is 35.0 Å². The first-order chi connectivity index (χ1) is 6.72. The van der Waals surface area contributed by atoms with Crippen molar-refractivity contribution >= 4 is 23.3 Å². The van der Waals surface area contributed by atoms with Gasteiger partial charge in [0.15, 0.2) is 0 Å². The lowest BCUT2D eigenvalue weighted by atomic mass is 10.0. The van der Waals surface area contributed by atoms with E-state index in [-0.39, 0.29) is 12.4 Å². The molecule has 2 nitrogen and oxygen atoms in total. The van der Waals surface area contributed by atoms with Crippen LogP contribution in [-0.4, -0.2) is 11.5 Å². The van der Waals surface area contributed by atoms with Crippen LogP contribution in [0.5, 0.6) is 0 Å². The van der Waals surface area contributed by atoms with E-state index in [9.17, 15) is 0 Å². The maximum absolute atomic E-state index is 5.56. The molecule has 0 bridgehead atoms. The Kier molecular flexibility index (Phi) is 3.77. The van der Waals surface area contributed by atoms with Gasteiger partial charge in [-0.05, 0) is 55.6 Å². The number of rotatable bonds is 2. The number of hydrogen-bond acceptors (Lipinski definition) is 1. The van der Waals surface area contributed by atoms with Gasteiger partial charge in [-0.15, -0.1) is 12.4 Å². The van der Waals surface area contributed by atoms with Crippen molar-refractivity contribution in [1.29, 1.82) is 0 Å². The normalized spacial score (nSPS) is 10.3. The molecule has 0 saturated carbocycles. The zero-order valence-electron chi connectivity index (χ0n) is 9.13. The molecule has 15 heavy (non-hydrogen) atoms. The predicted molar refractivity (Wildman–Crippen MR) is 67.8 cm³/mol. The van der Waals surface area contributed by atoms with Gasteiger partial charge in [-0.1, -0.05) is 0 Å². The number of halogens is 1. The zero-order valence-corrected chi connectivity index (χ0v) is 9.95. The largest absolute Gasteiger partial charge is 0.361 e. The first kappa shape index (κ1) is 12.1. The molecular formula is C12H17ClN2. The number of aromatic amines is 1. The molecule has 2 rings (SSSR count). The highest BCUT2D eigenvalue weighted by Crippen LogP contribution is 2.22. The Morgan fingerprint density at radius 1 is 1.20 bits per heavy atom. The maximum atomic E-state index is 5.56. The minimum Gasteiger partial charge on any atom is -0.361 e. The Balaban J connectivity index is 0.00000112. The van der Waals surface area contributed by atoms with Crippen LogP contribution >= 0.6 is 12.4 Å². The van der Waals surface area contributed by atoms with Crippen LogP contribution in [0.4, 0.5) is 0 Å². The molecule has 0 fully saturated rings. The van der Waals surface area contributed by atoms with Crippen molar-refractivity contribution < 1.29 is 0 Å². The van der Waals surface area contributed by atoms with Crippen LogP contribution in [0.1, 0.15) is 16.7 Å². The van der Waals surface area contributed by atoms with Gasteiger partial charge in [-0.3, -0.25) is 0 Å². The molecule has 0 aliphatic heterocycles. The lowest BCUT2D eigenvalue weighted by Gasteiger charge is -2.01. The monoisotopic (exact) mass is 224 g/mol. The van der Waals surface area contributed by atoms with Crippen molar-refractivity contribution in [1.82, 2.24) is 4.98 Å². The van der Waals surface area contributed by atoms with Gasteiger partial charge in [0.05, 0.1) is 0 Å². The molecule has 3 N–H and O–H groups in total. The standard InChI is InChI=1S/C12H16N2.ClH/c1-8-5-11-10(3-4-13)7-14-12(11)6-9(8)2;/h5-7,14H,3-4,13H2,1-2H3;1H. The summed E-state index contributed by atoms with van der Waals surface area (Å²) < 4.78 is 0. The number of nitrogens with one attached hydrogen (secondary N) is 1. The highest BCUT2D eigenvalue weighted by atomic mass is 35.5. The molecule has 0 unspecified atom stereocenters. The second-order valence-electron chi connectivity index (χ2n) is 3.83. The van der Waals surface area contributed by atoms with Gasteiger partial charge in [0.2, 0.25) is 0 Å². The predicted octanol–water partition coefficient (Wildman–Crippen LogP) is 2.71. The Morgan fingerprint density at radius 3 is 2.53 bits per heavy atom. The van der Waals surface area contributed by atoms with Crippen LogP contribution in [0, 0.1) is 13.8 Å². The van der Waals surface area contributed by atoms with E-state index in [1.54, 1.807) is 0 Å². The molecule has 0 atom stereocenters. The third-order valence-corrected chi connectivity index (χ3v) is 2.80. The minimum absolute atomic E-state index is 0. The van der Waals surface area contributed by atoms with Crippen LogP contribution in [0.3, 0.4) is 0 Å². The second-order valence-corrected chi connectivity index (χ2v) is 3.83. The fourth-order valence-corrected chi connectivity index (χ4v) is 1.81. The van der Waals surface area contributed by atoms with Crippen molar-refractivity contribution in [2.75, 3.05) is 6.54 Å². The lowest BCUT2D eigenvalue weighted by Crippen LogP contribution is -2.01. The summed E-state index contributed by atoms with van der Waals surface area (Å²) in [4.78, 5) is 3.29. The third kappa shape index (κ3) is 2.16. The van der Waals surface area contributed by atoms with Gasteiger partial charge in [-0.2, -0.15) is 0 Å². The maximum Gasteiger partial charge on any atom is 0.0459 e. The minimum atomic E-state index is 0. The average molecular weight is 225 g/mol. The fourth-order valence-electron chi connectivity index (χ4n) is 1.81. The summed E-state index contributed by atoms with van der Waals surface area (Å²) in [6, 6.07) is 4.44. The quantitative estimate of drug-likeness (QED) is 0.809. The summed E-state index contributed by atoms with van der Waals surface area (Å²) in [6.45, 7) is 4.99. The number of nitrogens with two attached hydrogens (primary N) is 1. The van der Waals surface area contributed by atoms with Gasteiger partial charge >= 0.3 is 0 Å². The highest BCUT2D eigenvalue weighted by Gasteiger charge is 2.04. The first-order valence-corrected chi connectivity index (χ1v) is 4.99. The smallest absolute Gasteiger partial charge is 0.0459 e. The summed E-state index contributed by atoms with van der Waals surface area (Å²) in [5.74, 6) is 0. The molecule has 1 aromatic carbocycles. The van der Waals surface area contributed by atoms with E-state index in [2.05, 4.69) is 37.2 Å². The summed E-state index contributed by atoms with van der Waals surface area (Å²) in [7, 11) is 0.